The third-order valence-electron chi connectivity index (χ3n) is 3.90. The summed E-state index contributed by atoms with van der Waals surface area (Å²) < 4.78 is 1.94. The number of H-pyrrole nitrogens is 1. The number of imidazole rings is 1. The number of benzene rings is 1. The van der Waals surface area contributed by atoms with Gasteiger partial charge in [0.25, 0.3) is 5.91 Å². The molecular formula is C17H20N6O. The van der Waals surface area contributed by atoms with E-state index in [2.05, 4.69) is 20.5 Å². The van der Waals surface area contributed by atoms with Gasteiger partial charge in [0.2, 0.25) is 0 Å². The summed E-state index contributed by atoms with van der Waals surface area (Å²) in [4.78, 5) is 16.7. The molecule has 0 unspecified atom stereocenters. The Bertz CT molecular complexity index is 794. The Morgan fingerprint density at radius 2 is 2.17 bits per heavy atom. The van der Waals surface area contributed by atoms with Gasteiger partial charge in [-0.05, 0) is 12.0 Å². The van der Waals surface area contributed by atoms with Crippen LogP contribution in [0.25, 0.3) is 11.1 Å². The van der Waals surface area contributed by atoms with Gasteiger partial charge >= 0.3 is 0 Å². The number of aromatic nitrogens is 4. The molecule has 2 aromatic heterocycles. The number of carbonyl (C=O) groups excluding carboxylic acids is 1. The average Bonchev–Trinajstić information content (AvgIpc) is 3.24. The molecule has 0 aliphatic carbocycles. The van der Waals surface area contributed by atoms with Gasteiger partial charge in [-0.3, -0.25) is 9.89 Å². The zero-order chi connectivity index (χ0) is 16.9. The van der Waals surface area contributed by atoms with Crippen molar-refractivity contribution >= 4 is 11.7 Å². The van der Waals surface area contributed by atoms with Crippen LogP contribution in [0.3, 0.4) is 0 Å². The van der Waals surface area contributed by atoms with Gasteiger partial charge in [-0.1, -0.05) is 37.3 Å². The Morgan fingerprint density at radius 1 is 1.38 bits per heavy atom. The van der Waals surface area contributed by atoms with Crippen LogP contribution in [0.2, 0.25) is 0 Å². The maximum atomic E-state index is 12.7. The molecule has 0 bridgehead atoms. The molecule has 3 rings (SSSR count). The minimum atomic E-state index is -0.218. The molecule has 7 heteroatoms. The second-order valence-corrected chi connectivity index (χ2v) is 5.56. The van der Waals surface area contributed by atoms with Crippen molar-refractivity contribution in [3.8, 4) is 11.1 Å². The molecule has 4 N–H and O–H groups in total. The second kappa shape index (κ2) is 6.99. The van der Waals surface area contributed by atoms with E-state index in [4.69, 9.17) is 5.73 Å². The summed E-state index contributed by atoms with van der Waals surface area (Å²) in [7, 11) is 0. The number of aromatic amines is 1. The zero-order valence-electron chi connectivity index (χ0n) is 13.4. The molecule has 3 aromatic rings. The Hall–Kier alpha value is -3.09. The fourth-order valence-corrected chi connectivity index (χ4v) is 2.60. The van der Waals surface area contributed by atoms with Gasteiger partial charge in [0.05, 0.1) is 11.9 Å². The molecule has 2 heterocycles. The van der Waals surface area contributed by atoms with E-state index in [1.165, 1.54) is 0 Å². The molecule has 1 atom stereocenters. The van der Waals surface area contributed by atoms with Crippen LogP contribution >= 0.6 is 0 Å². The lowest BCUT2D eigenvalue weighted by Crippen LogP contribution is -2.37. The first-order valence-corrected chi connectivity index (χ1v) is 7.85. The number of nitrogen functional groups attached to an aromatic ring is 1. The number of rotatable bonds is 6. The summed E-state index contributed by atoms with van der Waals surface area (Å²) in [5.41, 5.74) is 7.82. The first kappa shape index (κ1) is 15.8. The predicted octanol–water partition coefficient (Wildman–Crippen LogP) is 2.06. The number of hydrogen-bond donors (Lipinski definition) is 3. The molecule has 1 aromatic carbocycles. The Labute approximate surface area is 139 Å². The van der Waals surface area contributed by atoms with Gasteiger partial charge in [-0.25, -0.2) is 4.98 Å². The molecule has 0 radical (unpaired) electrons. The van der Waals surface area contributed by atoms with Crippen molar-refractivity contribution < 1.29 is 4.79 Å². The van der Waals surface area contributed by atoms with Gasteiger partial charge in [0, 0.05) is 25.0 Å². The fraction of sp³-hybridized carbons (Fsp3) is 0.235. The Kier molecular flexibility index (Phi) is 4.60. The largest absolute Gasteiger partial charge is 0.382 e. The molecule has 0 spiro atoms. The highest BCUT2D eigenvalue weighted by Crippen LogP contribution is 2.27. The van der Waals surface area contributed by atoms with E-state index in [-0.39, 0.29) is 11.9 Å². The Morgan fingerprint density at radius 3 is 2.83 bits per heavy atom. The number of nitrogens with zero attached hydrogens (tertiary/aromatic N) is 3. The van der Waals surface area contributed by atoms with E-state index in [1.807, 2.05) is 48.0 Å². The van der Waals surface area contributed by atoms with Gasteiger partial charge < -0.3 is 15.6 Å². The topological polar surface area (TPSA) is 102 Å². The van der Waals surface area contributed by atoms with Crippen LogP contribution in [0.4, 0.5) is 5.82 Å². The second-order valence-electron chi connectivity index (χ2n) is 5.56. The summed E-state index contributed by atoms with van der Waals surface area (Å²) in [5, 5.41) is 9.78. The van der Waals surface area contributed by atoms with Crippen LogP contribution in [0.1, 0.15) is 23.8 Å². The predicted molar refractivity (Wildman–Crippen MR) is 92.2 cm³/mol. The highest BCUT2D eigenvalue weighted by molar-refractivity contribution is 6.01. The van der Waals surface area contributed by atoms with E-state index in [9.17, 15) is 4.79 Å². The number of nitrogens with one attached hydrogen (secondary N) is 2. The SMILES string of the molecule is CC[C@H](Cn1ccnc1)NC(=O)c1[nH]nc(N)c1-c1ccccc1. The van der Waals surface area contributed by atoms with E-state index in [0.717, 1.165) is 12.0 Å². The zero-order valence-corrected chi connectivity index (χ0v) is 13.4. The lowest BCUT2D eigenvalue weighted by atomic mass is 10.0. The van der Waals surface area contributed by atoms with Crippen molar-refractivity contribution in [1.29, 1.82) is 0 Å². The Balaban J connectivity index is 1.80. The molecular weight excluding hydrogens is 304 g/mol. The smallest absolute Gasteiger partial charge is 0.270 e. The quantitative estimate of drug-likeness (QED) is 0.646. The lowest BCUT2D eigenvalue weighted by Gasteiger charge is -2.17. The third-order valence-corrected chi connectivity index (χ3v) is 3.90. The van der Waals surface area contributed by atoms with E-state index >= 15 is 0 Å². The average molecular weight is 324 g/mol. The molecule has 0 aliphatic rings. The van der Waals surface area contributed by atoms with Crippen LogP contribution in [-0.4, -0.2) is 31.7 Å². The van der Waals surface area contributed by atoms with Crippen molar-refractivity contribution in [2.45, 2.75) is 25.9 Å². The monoisotopic (exact) mass is 324 g/mol. The number of carbonyl (C=O) groups is 1. The van der Waals surface area contributed by atoms with Gasteiger partial charge in [0.15, 0.2) is 5.82 Å². The fourth-order valence-electron chi connectivity index (χ4n) is 2.60. The summed E-state index contributed by atoms with van der Waals surface area (Å²) >= 11 is 0. The highest BCUT2D eigenvalue weighted by Gasteiger charge is 2.21. The minimum Gasteiger partial charge on any atom is -0.382 e. The first-order chi connectivity index (χ1) is 11.7. The van der Waals surface area contributed by atoms with Crippen LogP contribution in [0, 0.1) is 0 Å². The number of anilines is 1. The van der Waals surface area contributed by atoms with E-state index < -0.39 is 0 Å². The molecule has 0 fully saturated rings. The van der Waals surface area contributed by atoms with Crippen molar-refractivity contribution in [2.75, 3.05) is 5.73 Å². The molecule has 0 saturated heterocycles. The maximum Gasteiger partial charge on any atom is 0.270 e. The molecule has 124 valence electrons. The summed E-state index contributed by atoms with van der Waals surface area (Å²) in [6.07, 6.45) is 6.13. The van der Waals surface area contributed by atoms with Crippen molar-refractivity contribution in [3.63, 3.8) is 0 Å². The van der Waals surface area contributed by atoms with Crippen molar-refractivity contribution in [3.05, 3.63) is 54.7 Å². The van der Waals surface area contributed by atoms with Crippen LogP contribution in [-0.2, 0) is 6.54 Å². The van der Waals surface area contributed by atoms with Gasteiger partial charge in [-0.15, -0.1) is 0 Å². The maximum absolute atomic E-state index is 12.7. The highest BCUT2D eigenvalue weighted by atomic mass is 16.2. The van der Waals surface area contributed by atoms with E-state index in [0.29, 0.717) is 23.6 Å². The van der Waals surface area contributed by atoms with Crippen molar-refractivity contribution in [2.24, 2.45) is 0 Å². The normalized spacial score (nSPS) is 12.0. The lowest BCUT2D eigenvalue weighted by molar-refractivity contribution is 0.0927. The van der Waals surface area contributed by atoms with Gasteiger partial charge in [0.1, 0.15) is 5.69 Å². The molecule has 0 saturated carbocycles. The molecule has 1 amide bonds. The summed E-state index contributed by atoms with van der Waals surface area (Å²) in [6.45, 7) is 2.69. The van der Waals surface area contributed by atoms with E-state index in [1.54, 1.807) is 12.5 Å². The van der Waals surface area contributed by atoms with Crippen LogP contribution < -0.4 is 11.1 Å². The van der Waals surface area contributed by atoms with Crippen molar-refractivity contribution in [1.82, 2.24) is 25.1 Å². The molecule has 24 heavy (non-hydrogen) atoms. The minimum absolute atomic E-state index is 0.0140. The third kappa shape index (κ3) is 3.29. The van der Waals surface area contributed by atoms with Crippen LogP contribution in [0.5, 0.6) is 0 Å². The van der Waals surface area contributed by atoms with Crippen LogP contribution in [0.15, 0.2) is 49.1 Å². The number of nitrogens with two attached hydrogens (primary N) is 1. The number of hydrogen-bond acceptors (Lipinski definition) is 4. The standard InChI is InChI=1S/C17H20N6O/c1-2-13(10-23-9-8-19-11-23)20-17(24)15-14(16(18)22-21-15)12-6-4-3-5-7-12/h3-9,11,13H,2,10H2,1H3,(H,20,24)(H3,18,21,22)/t13-/m1/s1. The summed E-state index contributed by atoms with van der Waals surface area (Å²) in [6, 6.07) is 9.51. The summed E-state index contributed by atoms with van der Waals surface area (Å²) in [5.74, 6) is 0.0963. The molecule has 0 aliphatic heterocycles. The molecule has 7 nitrogen and oxygen atoms in total. The first-order valence-electron chi connectivity index (χ1n) is 7.85. The van der Waals surface area contributed by atoms with Gasteiger partial charge in [-0.2, -0.15) is 5.10 Å². The number of amides is 1.